The van der Waals surface area contributed by atoms with Crippen LogP contribution < -0.4 is 4.74 Å². The maximum Gasteiger partial charge on any atom is 0.156 e. The van der Waals surface area contributed by atoms with Gasteiger partial charge >= 0.3 is 0 Å². The Labute approximate surface area is 104 Å². The Bertz CT molecular complexity index is 761. The first-order valence-electron chi connectivity index (χ1n) is 5.85. The first-order chi connectivity index (χ1) is 8.86. The number of fused-ring (bicyclic) bond motifs is 5. The Morgan fingerprint density at radius 2 is 2.28 bits per heavy atom. The second-order valence-corrected chi connectivity index (χ2v) is 4.41. The van der Waals surface area contributed by atoms with Gasteiger partial charge in [0, 0.05) is 24.4 Å². The molecule has 0 aliphatic heterocycles. The van der Waals surface area contributed by atoms with Crippen LogP contribution >= 0.6 is 0 Å². The van der Waals surface area contributed by atoms with E-state index in [2.05, 4.69) is 26.5 Å². The topological polar surface area (TPSA) is 39.4 Å². The molecule has 2 heterocycles. The minimum Gasteiger partial charge on any atom is -0.497 e. The van der Waals surface area contributed by atoms with Crippen molar-refractivity contribution in [2.75, 3.05) is 7.11 Å². The zero-order valence-corrected chi connectivity index (χ0v) is 9.92. The highest BCUT2D eigenvalue weighted by Crippen LogP contribution is 2.38. The fourth-order valence-corrected chi connectivity index (χ4v) is 2.58. The molecule has 1 aliphatic carbocycles. The van der Waals surface area contributed by atoms with E-state index in [4.69, 9.17) is 4.74 Å². The quantitative estimate of drug-likeness (QED) is 0.510. The average Bonchev–Trinajstić information content (AvgIpc) is 2.94. The van der Waals surface area contributed by atoms with Crippen molar-refractivity contribution in [1.82, 2.24) is 14.4 Å². The fraction of sp³-hybridized carbons (Fsp3) is 0.143. The van der Waals surface area contributed by atoms with Crippen molar-refractivity contribution in [2.45, 2.75) is 6.42 Å². The molecular formula is C14H11N3O. The molecule has 3 aromatic rings. The van der Waals surface area contributed by atoms with Gasteiger partial charge in [-0.2, -0.15) is 0 Å². The van der Waals surface area contributed by atoms with E-state index in [1.807, 2.05) is 12.3 Å². The highest BCUT2D eigenvalue weighted by Gasteiger charge is 2.24. The molecule has 0 bridgehead atoms. The Morgan fingerprint density at radius 3 is 3.17 bits per heavy atom. The predicted molar refractivity (Wildman–Crippen MR) is 67.8 cm³/mol. The third-order valence-corrected chi connectivity index (χ3v) is 3.46. The first kappa shape index (κ1) is 9.65. The van der Waals surface area contributed by atoms with Crippen LogP contribution in [-0.4, -0.2) is 21.5 Å². The SMILES string of the molecule is COc1ccc2c(c1)-c1nc3cnccn3c1C2. The lowest BCUT2D eigenvalue weighted by Gasteiger charge is -2.03. The maximum absolute atomic E-state index is 5.28. The Morgan fingerprint density at radius 1 is 1.33 bits per heavy atom. The average molecular weight is 237 g/mol. The van der Waals surface area contributed by atoms with Crippen LogP contribution in [0.3, 0.4) is 0 Å². The fourth-order valence-electron chi connectivity index (χ4n) is 2.58. The van der Waals surface area contributed by atoms with E-state index in [0.29, 0.717) is 0 Å². The number of ether oxygens (including phenoxy) is 1. The normalized spacial score (nSPS) is 12.5. The van der Waals surface area contributed by atoms with Crippen LogP contribution in [0.1, 0.15) is 11.3 Å². The Hall–Kier alpha value is -2.36. The summed E-state index contributed by atoms with van der Waals surface area (Å²) in [6.45, 7) is 0. The number of methoxy groups -OCH3 is 1. The van der Waals surface area contributed by atoms with E-state index >= 15 is 0 Å². The van der Waals surface area contributed by atoms with Crippen LogP contribution in [0.5, 0.6) is 5.75 Å². The monoisotopic (exact) mass is 237 g/mol. The standard InChI is InChI=1S/C14H11N3O/c1-18-10-3-2-9-6-12-14(11(9)7-10)16-13-8-15-4-5-17(12)13/h2-5,7-8H,6H2,1H3. The predicted octanol–water partition coefficient (Wildman–Crippen LogP) is 2.31. The third kappa shape index (κ3) is 1.14. The summed E-state index contributed by atoms with van der Waals surface area (Å²) in [5, 5.41) is 0. The molecule has 0 N–H and O–H groups in total. The van der Waals surface area contributed by atoms with Crippen LogP contribution in [0, 0.1) is 0 Å². The molecule has 88 valence electrons. The molecule has 0 amide bonds. The van der Waals surface area contributed by atoms with Gasteiger partial charge in [0.1, 0.15) is 5.75 Å². The zero-order chi connectivity index (χ0) is 12.1. The molecule has 4 nitrogen and oxygen atoms in total. The Kier molecular flexibility index (Phi) is 1.78. The van der Waals surface area contributed by atoms with Crippen molar-refractivity contribution in [3.8, 4) is 17.0 Å². The molecule has 18 heavy (non-hydrogen) atoms. The summed E-state index contributed by atoms with van der Waals surface area (Å²) in [6.07, 6.45) is 6.46. The van der Waals surface area contributed by atoms with Gasteiger partial charge in [-0.05, 0) is 17.7 Å². The highest BCUT2D eigenvalue weighted by molar-refractivity contribution is 5.76. The minimum absolute atomic E-state index is 0.872. The number of nitrogens with zero attached hydrogens (tertiary/aromatic N) is 3. The molecule has 0 saturated heterocycles. The summed E-state index contributed by atoms with van der Waals surface area (Å²) in [5.41, 5.74) is 5.66. The van der Waals surface area contributed by atoms with Gasteiger partial charge in [0.15, 0.2) is 5.65 Å². The van der Waals surface area contributed by atoms with Crippen molar-refractivity contribution in [3.05, 3.63) is 48.0 Å². The highest BCUT2D eigenvalue weighted by atomic mass is 16.5. The molecule has 0 atom stereocenters. The molecule has 0 radical (unpaired) electrons. The van der Waals surface area contributed by atoms with E-state index in [1.165, 1.54) is 16.8 Å². The second kappa shape index (κ2) is 3.32. The molecule has 1 aliphatic rings. The van der Waals surface area contributed by atoms with Gasteiger partial charge in [-0.3, -0.25) is 4.98 Å². The molecular weight excluding hydrogens is 226 g/mol. The number of rotatable bonds is 1. The van der Waals surface area contributed by atoms with E-state index < -0.39 is 0 Å². The summed E-state index contributed by atoms with van der Waals surface area (Å²) >= 11 is 0. The number of hydrogen-bond acceptors (Lipinski definition) is 3. The summed E-state index contributed by atoms with van der Waals surface area (Å²) < 4.78 is 7.39. The van der Waals surface area contributed by atoms with Gasteiger partial charge in [0.2, 0.25) is 0 Å². The van der Waals surface area contributed by atoms with E-state index in [9.17, 15) is 0 Å². The molecule has 4 rings (SSSR count). The van der Waals surface area contributed by atoms with Crippen molar-refractivity contribution < 1.29 is 4.74 Å². The minimum atomic E-state index is 0.872. The van der Waals surface area contributed by atoms with Crippen molar-refractivity contribution >= 4 is 5.65 Å². The summed E-state index contributed by atoms with van der Waals surface area (Å²) in [4.78, 5) is 8.76. The Balaban J connectivity index is 2.02. The van der Waals surface area contributed by atoms with Crippen LogP contribution in [0.15, 0.2) is 36.8 Å². The van der Waals surface area contributed by atoms with Crippen LogP contribution in [0.25, 0.3) is 16.9 Å². The lowest BCUT2D eigenvalue weighted by molar-refractivity contribution is 0.415. The van der Waals surface area contributed by atoms with E-state index in [-0.39, 0.29) is 0 Å². The van der Waals surface area contributed by atoms with Crippen molar-refractivity contribution in [2.24, 2.45) is 0 Å². The maximum atomic E-state index is 5.28. The number of aromatic nitrogens is 3. The number of benzene rings is 1. The largest absolute Gasteiger partial charge is 0.497 e. The van der Waals surface area contributed by atoms with Gasteiger partial charge in [-0.15, -0.1) is 0 Å². The number of hydrogen-bond donors (Lipinski definition) is 0. The zero-order valence-electron chi connectivity index (χ0n) is 9.92. The summed E-state index contributed by atoms with van der Waals surface area (Å²) in [6, 6.07) is 6.17. The first-order valence-corrected chi connectivity index (χ1v) is 5.85. The molecule has 1 aromatic carbocycles. The second-order valence-electron chi connectivity index (χ2n) is 4.41. The van der Waals surface area contributed by atoms with Gasteiger partial charge < -0.3 is 9.14 Å². The van der Waals surface area contributed by atoms with Gasteiger partial charge in [-0.1, -0.05) is 6.07 Å². The van der Waals surface area contributed by atoms with Gasteiger partial charge in [-0.25, -0.2) is 4.98 Å². The smallest absolute Gasteiger partial charge is 0.156 e. The van der Waals surface area contributed by atoms with Crippen LogP contribution in [0.2, 0.25) is 0 Å². The molecule has 2 aromatic heterocycles. The van der Waals surface area contributed by atoms with E-state index in [1.54, 1.807) is 19.5 Å². The van der Waals surface area contributed by atoms with E-state index in [0.717, 1.165) is 23.5 Å². The lowest BCUT2D eigenvalue weighted by atomic mass is 10.1. The number of imidazole rings is 1. The van der Waals surface area contributed by atoms with Crippen molar-refractivity contribution in [3.63, 3.8) is 0 Å². The molecule has 0 unspecified atom stereocenters. The molecule has 0 saturated carbocycles. The molecule has 0 spiro atoms. The molecule has 0 fully saturated rings. The summed E-state index contributed by atoms with van der Waals surface area (Å²) in [5.74, 6) is 0.872. The van der Waals surface area contributed by atoms with Crippen LogP contribution in [0.4, 0.5) is 0 Å². The summed E-state index contributed by atoms with van der Waals surface area (Å²) in [7, 11) is 1.69. The van der Waals surface area contributed by atoms with Gasteiger partial charge in [0.05, 0.1) is 24.7 Å². The van der Waals surface area contributed by atoms with Gasteiger partial charge in [0.25, 0.3) is 0 Å². The molecule has 4 heteroatoms. The third-order valence-electron chi connectivity index (χ3n) is 3.46. The van der Waals surface area contributed by atoms with Crippen LogP contribution in [-0.2, 0) is 6.42 Å². The van der Waals surface area contributed by atoms with Crippen molar-refractivity contribution in [1.29, 1.82) is 0 Å². The lowest BCUT2D eigenvalue weighted by Crippen LogP contribution is -1.91.